The summed E-state index contributed by atoms with van der Waals surface area (Å²) in [5.74, 6) is -0.315. The van der Waals surface area contributed by atoms with Crippen molar-refractivity contribution >= 4 is 5.91 Å². The lowest BCUT2D eigenvalue weighted by Gasteiger charge is -2.39. The Labute approximate surface area is 159 Å². The maximum absolute atomic E-state index is 14.5. The molecule has 0 radical (unpaired) electrons. The standard InChI is InChI=1S/C21H27FN4O/c1-4-24-10-11-25(15(3)13-24)21(27)20-16-6-5-7-18(16)26(23-20)19-12-14(2)8-9-17(19)22/h8-9,12,15H,4-7,10-11,13H2,1-3H3. The summed E-state index contributed by atoms with van der Waals surface area (Å²) in [5, 5.41) is 4.62. The van der Waals surface area contributed by atoms with E-state index >= 15 is 0 Å². The fourth-order valence-corrected chi connectivity index (χ4v) is 4.35. The zero-order chi connectivity index (χ0) is 19.1. The van der Waals surface area contributed by atoms with Gasteiger partial charge in [-0.25, -0.2) is 9.07 Å². The van der Waals surface area contributed by atoms with Gasteiger partial charge < -0.3 is 4.90 Å². The highest BCUT2D eigenvalue weighted by Crippen LogP contribution is 2.30. The summed E-state index contributed by atoms with van der Waals surface area (Å²) < 4.78 is 16.1. The number of hydrogen-bond acceptors (Lipinski definition) is 3. The Bertz CT molecular complexity index is 875. The topological polar surface area (TPSA) is 41.4 Å². The van der Waals surface area contributed by atoms with E-state index in [1.165, 1.54) is 6.07 Å². The zero-order valence-corrected chi connectivity index (χ0v) is 16.3. The van der Waals surface area contributed by atoms with Gasteiger partial charge in [0.05, 0.1) is 0 Å². The highest BCUT2D eigenvalue weighted by molar-refractivity contribution is 5.94. The molecule has 2 aromatic rings. The molecule has 1 atom stereocenters. The number of amides is 1. The number of likely N-dealkylation sites (N-methyl/N-ethyl adjacent to an activating group) is 1. The second kappa shape index (κ2) is 7.08. The average molecular weight is 370 g/mol. The van der Waals surface area contributed by atoms with Gasteiger partial charge in [-0.15, -0.1) is 0 Å². The molecule has 0 N–H and O–H groups in total. The normalized spacial score (nSPS) is 20.1. The lowest BCUT2D eigenvalue weighted by molar-refractivity contribution is 0.0492. The predicted molar refractivity (Wildman–Crippen MR) is 103 cm³/mol. The van der Waals surface area contributed by atoms with Gasteiger partial charge in [-0.05, 0) is 57.4 Å². The van der Waals surface area contributed by atoms with Crippen LogP contribution in [0.4, 0.5) is 4.39 Å². The number of fused-ring (bicyclic) bond motifs is 1. The Morgan fingerprint density at radius 3 is 2.85 bits per heavy atom. The molecule has 0 bridgehead atoms. The molecular weight excluding hydrogens is 343 g/mol. The number of aryl methyl sites for hydroxylation is 1. The minimum atomic E-state index is -0.304. The number of carbonyl (C=O) groups is 1. The first-order valence-electron chi connectivity index (χ1n) is 9.90. The van der Waals surface area contributed by atoms with Gasteiger partial charge in [-0.2, -0.15) is 5.10 Å². The molecule has 1 saturated heterocycles. The summed E-state index contributed by atoms with van der Waals surface area (Å²) in [6.07, 6.45) is 2.66. The SMILES string of the molecule is CCN1CCN(C(=O)c2nn(-c3cc(C)ccc3F)c3c2CCC3)C(C)C1. The molecule has 0 spiro atoms. The van der Waals surface area contributed by atoms with Crippen molar-refractivity contribution in [3.8, 4) is 5.69 Å². The van der Waals surface area contributed by atoms with Crippen LogP contribution in [0.5, 0.6) is 0 Å². The maximum Gasteiger partial charge on any atom is 0.274 e. The summed E-state index contributed by atoms with van der Waals surface area (Å²) in [7, 11) is 0. The van der Waals surface area contributed by atoms with E-state index in [1.54, 1.807) is 16.8 Å². The van der Waals surface area contributed by atoms with Crippen molar-refractivity contribution in [2.45, 2.75) is 46.1 Å². The largest absolute Gasteiger partial charge is 0.332 e. The van der Waals surface area contributed by atoms with Crippen LogP contribution in [0.15, 0.2) is 18.2 Å². The monoisotopic (exact) mass is 370 g/mol. The Morgan fingerprint density at radius 2 is 2.11 bits per heavy atom. The van der Waals surface area contributed by atoms with Crippen LogP contribution in [0.3, 0.4) is 0 Å². The third kappa shape index (κ3) is 3.16. The number of hydrogen-bond donors (Lipinski definition) is 0. The van der Waals surface area contributed by atoms with Crippen LogP contribution in [0.2, 0.25) is 0 Å². The van der Waals surface area contributed by atoms with E-state index in [-0.39, 0.29) is 17.8 Å². The van der Waals surface area contributed by atoms with Gasteiger partial charge in [-0.1, -0.05) is 13.0 Å². The first-order chi connectivity index (χ1) is 13.0. The van der Waals surface area contributed by atoms with Gasteiger partial charge in [-0.3, -0.25) is 9.69 Å². The molecule has 1 unspecified atom stereocenters. The zero-order valence-electron chi connectivity index (χ0n) is 16.3. The van der Waals surface area contributed by atoms with E-state index in [2.05, 4.69) is 23.8 Å². The highest BCUT2D eigenvalue weighted by atomic mass is 19.1. The van der Waals surface area contributed by atoms with Crippen molar-refractivity contribution in [1.82, 2.24) is 19.6 Å². The van der Waals surface area contributed by atoms with E-state index in [0.717, 1.165) is 55.7 Å². The third-order valence-electron chi connectivity index (χ3n) is 5.88. The summed E-state index contributed by atoms with van der Waals surface area (Å²) in [6.45, 7) is 9.68. The molecule has 1 fully saturated rings. The number of nitrogens with zero attached hydrogens (tertiary/aromatic N) is 4. The number of piperazine rings is 1. The molecule has 2 heterocycles. The number of rotatable bonds is 3. The molecule has 27 heavy (non-hydrogen) atoms. The maximum atomic E-state index is 14.5. The molecule has 5 nitrogen and oxygen atoms in total. The van der Waals surface area contributed by atoms with Crippen LogP contribution in [0.1, 0.15) is 47.6 Å². The minimum absolute atomic E-state index is 0.0109. The Morgan fingerprint density at radius 1 is 1.30 bits per heavy atom. The van der Waals surface area contributed by atoms with Gasteiger partial charge in [0, 0.05) is 36.9 Å². The van der Waals surface area contributed by atoms with Crippen molar-refractivity contribution in [1.29, 1.82) is 0 Å². The van der Waals surface area contributed by atoms with Crippen LogP contribution in [-0.4, -0.2) is 57.7 Å². The molecule has 0 saturated carbocycles. The predicted octanol–water partition coefficient (Wildman–Crippen LogP) is 2.97. The van der Waals surface area contributed by atoms with Gasteiger partial charge in [0.1, 0.15) is 11.5 Å². The Balaban J connectivity index is 1.71. The van der Waals surface area contributed by atoms with Gasteiger partial charge in [0.25, 0.3) is 5.91 Å². The Hall–Kier alpha value is -2.21. The number of aromatic nitrogens is 2. The molecule has 1 aliphatic carbocycles. The van der Waals surface area contributed by atoms with Gasteiger partial charge in [0.15, 0.2) is 5.69 Å². The van der Waals surface area contributed by atoms with Crippen molar-refractivity contribution in [3.05, 3.63) is 46.5 Å². The van der Waals surface area contributed by atoms with E-state index in [9.17, 15) is 9.18 Å². The first kappa shape index (κ1) is 18.2. The molecule has 6 heteroatoms. The molecule has 1 amide bonds. The second-order valence-electron chi connectivity index (χ2n) is 7.73. The fourth-order valence-electron chi connectivity index (χ4n) is 4.35. The van der Waals surface area contributed by atoms with Crippen molar-refractivity contribution in [2.24, 2.45) is 0 Å². The number of halogens is 1. The molecular formula is C21H27FN4O. The van der Waals surface area contributed by atoms with Crippen molar-refractivity contribution in [2.75, 3.05) is 26.2 Å². The minimum Gasteiger partial charge on any atom is -0.332 e. The fraction of sp³-hybridized carbons (Fsp3) is 0.524. The van der Waals surface area contributed by atoms with E-state index in [4.69, 9.17) is 0 Å². The smallest absolute Gasteiger partial charge is 0.274 e. The van der Waals surface area contributed by atoms with Gasteiger partial charge in [0.2, 0.25) is 0 Å². The number of benzene rings is 1. The lowest BCUT2D eigenvalue weighted by Crippen LogP contribution is -2.54. The molecule has 1 aliphatic heterocycles. The molecule has 4 rings (SSSR count). The van der Waals surface area contributed by atoms with E-state index in [1.807, 2.05) is 11.8 Å². The van der Waals surface area contributed by atoms with E-state index in [0.29, 0.717) is 17.9 Å². The summed E-state index contributed by atoms with van der Waals surface area (Å²) in [5.41, 5.74) is 3.93. The van der Waals surface area contributed by atoms with Crippen molar-refractivity contribution in [3.63, 3.8) is 0 Å². The summed E-state index contributed by atoms with van der Waals surface area (Å²) in [6, 6.07) is 5.19. The van der Waals surface area contributed by atoms with Crippen LogP contribution >= 0.6 is 0 Å². The van der Waals surface area contributed by atoms with Gasteiger partial charge >= 0.3 is 0 Å². The third-order valence-corrected chi connectivity index (χ3v) is 5.88. The van der Waals surface area contributed by atoms with Crippen LogP contribution in [0, 0.1) is 12.7 Å². The quantitative estimate of drug-likeness (QED) is 0.834. The van der Waals surface area contributed by atoms with E-state index < -0.39 is 0 Å². The first-order valence-corrected chi connectivity index (χ1v) is 9.90. The summed E-state index contributed by atoms with van der Waals surface area (Å²) >= 11 is 0. The van der Waals surface area contributed by atoms with Crippen LogP contribution in [0.25, 0.3) is 5.69 Å². The van der Waals surface area contributed by atoms with Crippen molar-refractivity contribution < 1.29 is 9.18 Å². The average Bonchev–Trinajstić information content (AvgIpc) is 3.26. The Kier molecular flexibility index (Phi) is 4.76. The van der Waals surface area contributed by atoms with Crippen LogP contribution in [-0.2, 0) is 12.8 Å². The lowest BCUT2D eigenvalue weighted by atomic mass is 10.1. The molecule has 1 aromatic heterocycles. The molecule has 2 aliphatic rings. The summed E-state index contributed by atoms with van der Waals surface area (Å²) in [4.78, 5) is 17.6. The van der Waals surface area contributed by atoms with Crippen LogP contribution < -0.4 is 0 Å². The molecule has 144 valence electrons. The number of carbonyl (C=O) groups excluding carboxylic acids is 1. The highest BCUT2D eigenvalue weighted by Gasteiger charge is 2.33. The molecule has 1 aromatic carbocycles. The second-order valence-corrected chi connectivity index (χ2v) is 7.73.